The second kappa shape index (κ2) is 8.36. The SMILES string of the molecule is CCc1noc(C)c1C(=O)NCC(c1cccc(OC)c1)N1CCCC1. The van der Waals surface area contributed by atoms with Gasteiger partial charge in [-0.1, -0.05) is 24.2 Å². The molecule has 6 nitrogen and oxygen atoms in total. The standard InChI is InChI=1S/C20H27N3O3/c1-4-17-19(14(2)26-22-17)20(24)21-13-18(23-10-5-6-11-23)15-8-7-9-16(12-15)25-3/h7-9,12,18H,4-6,10-11,13H2,1-3H3,(H,21,24). The topological polar surface area (TPSA) is 67.6 Å². The zero-order chi connectivity index (χ0) is 18.5. The molecule has 0 bridgehead atoms. The number of hydrogen-bond donors (Lipinski definition) is 1. The van der Waals surface area contributed by atoms with Gasteiger partial charge in [0.15, 0.2) is 0 Å². The van der Waals surface area contributed by atoms with Gasteiger partial charge >= 0.3 is 0 Å². The van der Waals surface area contributed by atoms with Crippen LogP contribution in [0.4, 0.5) is 0 Å². The van der Waals surface area contributed by atoms with Crippen LogP contribution in [0.2, 0.25) is 0 Å². The maximum atomic E-state index is 12.7. The third kappa shape index (κ3) is 3.90. The molecule has 3 rings (SSSR count). The summed E-state index contributed by atoms with van der Waals surface area (Å²) in [6.45, 7) is 6.38. The number of carbonyl (C=O) groups excluding carboxylic acids is 1. The highest BCUT2D eigenvalue weighted by Crippen LogP contribution is 2.27. The van der Waals surface area contributed by atoms with Gasteiger partial charge in [-0.2, -0.15) is 0 Å². The van der Waals surface area contributed by atoms with Crippen LogP contribution in [-0.4, -0.2) is 42.7 Å². The molecule has 140 valence electrons. The van der Waals surface area contributed by atoms with E-state index in [4.69, 9.17) is 9.26 Å². The van der Waals surface area contributed by atoms with Gasteiger partial charge in [0.25, 0.3) is 5.91 Å². The molecular formula is C20H27N3O3. The number of ether oxygens (including phenoxy) is 1. The van der Waals surface area contributed by atoms with Crippen molar-refractivity contribution < 1.29 is 14.1 Å². The highest BCUT2D eigenvalue weighted by Gasteiger charge is 2.26. The molecule has 2 aromatic rings. The fraction of sp³-hybridized carbons (Fsp3) is 0.500. The molecule has 1 N–H and O–H groups in total. The van der Waals surface area contributed by atoms with Crippen molar-refractivity contribution in [3.63, 3.8) is 0 Å². The molecule has 1 aromatic carbocycles. The lowest BCUT2D eigenvalue weighted by molar-refractivity contribution is 0.0935. The molecule has 1 aliphatic rings. The lowest BCUT2D eigenvalue weighted by Gasteiger charge is -2.28. The van der Waals surface area contributed by atoms with Crippen LogP contribution in [-0.2, 0) is 6.42 Å². The van der Waals surface area contributed by atoms with E-state index in [0.717, 1.165) is 24.4 Å². The number of benzene rings is 1. The lowest BCUT2D eigenvalue weighted by Crippen LogP contribution is -2.37. The molecule has 1 aliphatic heterocycles. The molecule has 0 saturated carbocycles. The number of aryl methyl sites for hydroxylation is 2. The average Bonchev–Trinajstić information content (AvgIpc) is 3.31. The number of aromatic nitrogens is 1. The van der Waals surface area contributed by atoms with E-state index in [1.807, 2.05) is 19.1 Å². The minimum atomic E-state index is -0.118. The van der Waals surface area contributed by atoms with Gasteiger partial charge in [-0.3, -0.25) is 9.69 Å². The Morgan fingerprint density at radius 2 is 2.15 bits per heavy atom. The van der Waals surface area contributed by atoms with Crippen molar-refractivity contribution in [3.8, 4) is 5.75 Å². The molecule has 0 radical (unpaired) electrons. The Labute approximate surface area is 154 Å². The molecule has 6 heteroatoms. The van der Waals surface area contributed by atoms with Crippen LogP contribution in [0.1, 0.15) is 53.2 Å². The van der Waals surface area contributed by atoms with Crippen LogP contribution in [0.5, 0.6) is 5.75 Å². The molecule has 1 atom stereocenters. The Hall–Kier alpha value is -2.34. The first kappa shape index (κ1) is 18.5. The number of hydrogen-bond acceptors (Lipinski definition) is 5. The fourth-order valence-electron chi connectivity index (χ4n) is 3.59. The minimum absolute atomic E-state index is 0.118. The van der Waals surface area contributed by atoms with Crippen LogP contribution >= 0.6 is 0 Å². The quantitative estimate of drug-likeness (QED) is 0.825. The van der Waals surface area contributed by atoms with E-state index in [9.17, 15) is 4.79 Å². The van der Waals surface area contributed by atoms with Gasteiger partial charge in [-0.05, 0) is 57.0 Å². The highest BCUT2D eigenvalue weighted by molar-refractivity contribution is 5.96. The van der Waals surface area contributed by atoms with E-state index in [1.54, 1.807) is 14.0 Å². The van der Waals surface area contributed by atoms with Gasteiger partial charge in [0.1, 0.15) is 17.1 Å². The average molecular weight is 357 g/mol. The minimum Gasteiger partial charge on any atom is -0.497 e. The predicted molar refractivity (Wildman–Crippen MR) is 99.5 cm³/mol. The molecule has 1 amide bonds. The summed E-state index contributed by atoms with van der Waals surface area (Å²) < 4.78 is 10.6. The summed E-state index contributed by atoms with van der Waals surface area (Å²) in [7, 11) is 1.67. The van der Waals surface area contributed by atoms with Gasteiger partial charge < -0.3 is 14.6 Å². The van der Waals surface area contributed by atoms with E-state index in [2.05, 4.69) is 27.5 Å². The summed E-state index contributed by atoms with van der Waals surface area (Å²) >= 11 is 0. The second-order valence-electron chi connectivity index (χ2n) is 6.66. The summed E-state index contributed by atoms with van der Waals surface area (Å²) in [5, 5.41) is 7.07. The number of nitrogens with one attached hydrogen (secondary N) is 1. The molecule has 1 aromatic heterocycles. The van der Waals surface area contributed by atoms with Gasteiger partial charge in [0.2, 0.25) is 0 Å². The number of rotatable bonds is 7. The van der Waals surface area contributed by atoms with E-state index in [0.29, 0.717) is 30.0 Å². The molecule has 26 heavy (non-hydrogen) atoms. The summed E-state index contributed by atoms with van der Waals surface area (Å²) in [5.41, 5.74) is 2.43. The highest BCUT2D eigenvalue weighted by atomic mass is 16.5. The van der Waals surface area contributed by atoms with Crippen LogP contribution in [0.25, 0.3) is 0 Å². The van der Waals surface area contributed by atoms with Crippen molar-refractivity contribution in [3.05, 3.63) is 46.8 Å². The molecular weight excluding hydrogens is 330 g/mol. The lowest BCUT2D eigenvalue weighted by atomic mass is 10.0. The van der Waals surface area contributed by atoms with Gasteiger partial charge in [-0.25, -0.2) is 0 Å². The van der Waals surface area contributed by atoms with Gasteiger partial charge in [-0.15, -0.1) is 0 Å². The number of likely N-dealkylation sites (tertiary alicyclic amines) is 1. The van der Waals surface area contributed by atoms with Crippen molar-refractivity contribution in [1.82, 2.24) is 15.4 Å². The fourth-order valence-corrected chi connectivity index (χ4v) is 3.59. The van der Waals surface area contributed by atoms with Crippen molar-refractivity contribution in [1.29, 1.82) is 0 Å². The third-order valence-corrected chi connectivity index (χ3v) is 5.01. The maximum absolute atomic E-state index is 12.7. The zero-order valence-electron chi connectivity index (χ0n) is 15.7. The molecule has 0 aliphatic carbocycles. The Bertz CT molecular complexity index is 751. The molecule has 1 saturated heterocycles. The van der Waals surface area contributed by atoms with E-state index in [-0.39, 0.29) is 11.9 Å². The first-order valence-corrected chi connectivity index (χ1v) is 9.25. The normalized spacial score (nSPS) is 15.8. The van der Waals surface area contributed by atoms with Gasteiger partial charge in [0.05, 0.1) is 18.8 Å². The molecule has 1 fully saturated rings. The smallest absolute Gasteiger partial charge is 0.256 e. The third-order valence-electron chi connectivity index (χ3n) is 5.01. The molecule has 0 spiro atoms. The Balaban J connectivity index is 1.77. The van der Waals surface area contributed by atoms with Crippen molar-refractivity contribution in [2.24, 2.45) is 0 Å². The van der Waals surface area contributed by atoms with Crippen molar-refractivity contribution in [2.75, 3.05) is 26.7 Å². The molecule has 2 heterocycles. The Kier molecular flexibility index (Phi) is 5.93. The van der Waals surface area contributed by atoms with Crippen LogP contribution in [0.3, 0.4) is 0 Å². The number of methoxy groups -OCH3 is 1. The first-order valence-electron chi connectivity index (χ1n) is 9.25. The first-order chi connectivity index (χ1) is 12.6. The number of carbonyl (C=O) groups is 1. The van der Waals surface area contributed by atoms with E-state index in [1.165, 1.54) is 12.8 Å². The monoisotopic (exact) mass is 357 g/mol. The summed E-state index contributed by atoms with van der Waals surface area (Å²) in [6, 6.07) is 8.22. The number of nitrogens with zero attached hydrogens (tertiary/aromatic N) is 2. The zero-order valence-corrected chi connectivity index (χ0v) is 15.7. The Morgan fingerprint density at radius 3 is 2.85 bits per heavy atom. The Morgan fingerprint density at radius 1 is 1.38 bits per heavy atom. The maximum Gasteiger partial charge on any atom is 0.256 e. The molecule has 1 unspecified atom stereocenters. The second-order valence-corrected chi connectivity index (χ2v) is 6.66. The predicted octanol–water partition coefficient (Wildman–Crippen LogP) is 3.12. The summed E-state index contributed by atoms with van der Waals surface area (Å²) in [5.74, 6) is 1.28. The summed E-state index contributed by atoms with van der Waals surface area (Å²) in [6.07, 6.45) is 3.06. The van der Waals surface area contributed by atoms with Crippen LogP contribution < -0.4 is 10.1 Å². The van der Waals surface area contributed by atoms with Crippen LogP contribution in [0.15, 0.2) is 28.8 Å². The van der Waals surface area contributed by atoms with Crippen LogP contribution in [0, 0.1) is 6.92 Å². The summed E-state index contributed by atoms with van der Waals surface area (Å²) in [4.78, 5) is 15.2. The van der Waals surface area contributed by atoms with E-state index < -0.39 is 0 Å². The van der Waals surface area contributed by atoms with Crippen molar-refractivity contribution >= 4 is 5.91 Å². The number of amides is 1. The van der Waals surface area contributed by atoms with Gasteiger partial charge in [0, 0.05) is 6.54 Å². The van der Waals surface area contributed by atoms with E-state index >= 15 is 0 Å². The largest absolute Gasteiger partial charge is 0.497 e. The van der Waals surface area contributed by atoms with Crippen molar-refractivity contribution in [2.45, 2.75) is 39.2 Å².